The Morgan fingerprint density at radius 3 is 2.44 bits per heavy atom. The van der Waals surface area contributed by atoms with E-state index in [9.17, 15) is 9.59 Å². The minimum Gasteiger partial charge on any atom is -0.454 e. The van der Waals surface area contributed by atoms with Crippen LogP contribution in [0.25, 0.3) is 0 Å². The lowest BCUT2D eigenvalue weighted by atomic mass is 10.2. The summed E-state index contributed by atoms with van der Waals surface area (Å²) in [6, 6.07) is 12.4. The fourth-order valence-corrected chi connectivity index (χ4v) is 2.70. The van der Waals surface area contributed by atoms with Gasteiger partial charge in [-0.15, -0.1) is 0 Å². The number of rotatable bonds is 6. The van der Waals surface area contributed by atoms with E-state index in [0.29, 0.717) is 17.2 Å². The number of hydrogen-bond acceptors (Lipinski definition) is 4. The molecule has 1 aliphatic heterocycles. The van der Waals surface area contributed by atoms with Crippen LogP contribution < -0.4 is 25.0 Å². The maximum atomic E-state index is 12.5. The number of aryl methyl sites for hydroxylation is 1. The Morgan fingerprint density at radius 2 is 1.70 bits per heavy atom. The van der Waals surface area contributed by atoms with Gasteiger partial charge in [-0.05, 0) is 38.1 Å². The van der Waals surface area contributed by atoms with E-state index in [2.05, 4.69) is 10.6 Å². The molecule has 0 spiro atoms. The molecule has 2 aromatic carbocycles. The summed E-state index contributed by atoms with van der Waals surface area (Å²) in [5.41, 5.74) is 2.51. The number of anilines is 2. The predicted octanol–water partition coefficient (Wildman–Crippen LogP) is 1.20. The summed E-state index contributed by atoms with van der Waals surface area (Å²) in [5.74, 6) is 0.962. The number of fused-ring (bicyclic) bond motifs is 1. The number of carbonyl (C=O) groups excluding carboxylic acids is 2. The van der Waals surface area contributed by atoms with Crippen LogP contribution in [0.1, 0.15) is 12.5 Å². The van der Waals surface area contributed by atoms with Gasteiger partial charge in [0.2, 0.25) is 6.79 Å². The van der Waals surface area contributed by atoms with E-state index >= 15 is 0 Å². The number of likely N-dealkylation sites (N-methyl/N-ethyl adjacent to an activating group) is 1. The number of hydrogen-bond donors (Lipinski definition) is 3. The Morgan fingerprint density at radius 1 is 1.04 bits per heavy atom. The third-order valence-corrected chi connectivity index (χ3v) is 4.55. The van der Waals surface area contributed by atoms with E-state index in [4.69, 9.17) is 9.47 Å². The van der Waals surface area contributed by atoms with Crippen LogP contribution >= 0.6 is 0 Å². The zero-order valence-corrected chi connectivity index (χ0v) is 15.7. The standard InChI is InChI=1S/C20H23N3O4/c1-13-4-6-15(7-5-13)21-19(24)11-23(3)14(2)20(25)22-16-8-9-17-18(10-16)27-12-26-17/h4-10,14H,11-12H2,1-3H3,(H,21,24)(H,22,25)/p+1/t14-/m0/s1. The molecule has 27 heavy (non-hydrogen) atoms. The predicted molar refractivity (Wildman–Crippen MR) is 102 cm³/mol. The average molecular weight is 370 g/mol. The van der Waals surface area contributed by atoms with Gasteiger partial charge in [-0.1, -0.05) is 17.7 Å². The van der Waals surface area contributed by atoms with Crippen molar-refractivity contribution in [3.63, 3.8) is 0 Å². The zero-order valence-electron chi connectivity index (χ0n) is 15.7. The molecule has 7 heteroatoms. The minimum atomic E-state index is -0.404. The van der Waals surface area contributed by atoms with Gasteiger partial charge in [0.05, 0.1) is 7.05 Å². The molecule has 2 atom stereocenters. The van der Waals surface area contributed by atoms with Crippen molar-refractivity contribution in [2.24, 2.45) is 0 Å². The molecule has 0 aromatic heterocycles. The molecule has 7 nitrogen and oxygen atoms in total. The highest BCUT2D eigenvalue weighted by Crippen LogP contribution is 2.34. The van der Waals surface area contributed by atoms with Crippen LogP contribution in [0, 0.1) is 6.92 Å². The van der Waals surface area contributed by atoms with E-state index < -0.39 is 6.04 Å². The van der Waals surface area contributed by atoms with E-state index in [0.717, 1.165) is 16.2 Å². The van der Waals surface area contributed by atoms with Crippen molar-refractivity contribution in [2.75, 3.05) is 31.0 Å². The Bertz CT molecular complexity index is 836. The molecule has 142 valence electrons. The maximum absolute atomic E-state index is 12.5. The third-order valence-electron chi connectivity index (χ3n) is 4.55. The molecular formula is C20H24N3O4+. The van der Waals surface area contributed by atoms with Crippen LogP contribution in [0.5, 0.6) is 11.5 Å². The zero-order chi connectivity index (χ0) is 19.4. The van der Waals surface area contributed by atoms with Crippen molar-refractivity contribution in [2.45, 2.75) is 19.9 Å². The molecule has 0 fully saturated rings. The van der Waals surface area contributed by atoms with Crippen LogP contribution in [0.15, 0.2) is 42.5 Å². The van der Waals surface area contributed by atoms with Crippen LogP contribution in [0.2, 0.25) is 0 Å². The fourth-order valence-electron chi connectivity index (χ4n) is 2.70. The average Bonchev–Trinajstić information content (AvgIpc) is 3.10. The first-order chi connectivity index (χ1) is 12.9. The first kappa shape index (κ1) is 18.7. The summed E-state index contributed by atoms with van der Waals surface area (Å²) in [6.45, 7) is 4.15. The van der Waals surface area contributed by atoms with Crippen LogP contribution in [-0.4, -0.2) is 38.2 Å². The smallest absolute Gasteiger partial charge is 0.282 e. The molecule has 1 unspecified atom stereocenters. The molecule has 2 amide bonds. The third kappa shape index (κ3) is 4.77. The molecule has 1 aliphatic rings. The van der Waals surface area contributed by atoms with Crippen LogP contribution in [0.3, 0.4) is 0 Å². The molecule has 0 bridgehead atoms. The van der Waals surface area contributed by atoms with Crippen molar-refractivity contribution in [3.8, 4) is 11.5 Å². The monoisotopic (exact) mass is 370 g/mol. The van der Waals surface area contributed by atoms with Crippen molar-refractivity contribution >= 4 is 23.2 Å². The summed E-state index contributed by atoms with van der Waals surface area (Å²) in [5, 5.41) is 5.70. The summed E-state index contributed by atoms with van der Waals surface area (Å²) in [6.07, 6.45) is 0. The van der Waals surface area contributed by atoms with Gasteiger partial charge in [0, 0.05) is 17.4 Å². The van der Waals surface area contributed by atoms with Gasteiger partial charge in [-0.2, -0.15) is 0 Å². The number of benzene rings is 2. The van der Waals surface area contributed by atoms with E-state index in [1.54, 1.807) is 25.1 Å². The second-order valence-corrected chi connectivity index (χ2v) is 6.72. The molecule has 3 rings (SSSR count). The fraction of sp³-hybridized carbons (Fsp3) is 0.300. The number of nitrogens with one attached hydrogen (secondary N) is 3. The topological polar surface area (TPSA) is 81.1 Å². The summed E-state index contributed by atoms with van der Waals surface area (Å²) in [7, 11) is 1.82. The molecular weight excluding hydrogens is 346 g/mol. The van der Waals surface area contributed by atoms with Crippen molar-refractivity contribution in [3.05, 3.63) is 48.0 Å². The van der Waals surface area contributed by atoms with Gasteiger partial charge in [-0.3, -0.25) is 9.59 Å². The quantitative estimate of drug-likeness (QED) is 0.714. The van der Waals surface area contributed by atoms with Gasteiger partial charge < -0.3 is 25.0 Å². The first-order valence-electron chi connectivity index (χ1n) is 8.82. The van der Waals surface area contributed by atoms with Crippen molar-refractivity contribution in [1.29, 1.82) is 0 Å². The highest BCUT2D eigenvalue weighted by molar-refractivity contribution is 5.94. The van der Waals surface area contributed by atoms with Gasteiger partial charge in [0.1, 0.15) is 0 Å². The second-order valence-electron chi connectivity index (χ2n) is 6.72. The molecule has 0 radical (unpaired) electrons. The molecule has 0 aliphatic carbocycles. The number of ether oxygens (including phenoxy) is 2. The number of amides is 2. The Labute approximate surface area is 158 Å². The maximum Gasteiger partial charge on any atom is 0.282 e. The Balaban J connectivity index is 1.52. The summed E-state index contributed by atoms with van der Waals surface area (Å²) >= 11 is 0. The SMILES string of the molecule is Cc1ccc(NC(=O)C[NH+](C)[C@@H](C)C(=O)Nc2ccc3c(c2)OCO3)cc1. The van der Waals surface area contributed by atoms with E-state index in [-0.39, 0.29) is 25.2 Å². The minimum absolute atomic E-state index is 0.140. The van der Waals surface area contributed by atoms with Crippen LogP contribution in [-0.2, 0) is 9.59 Å². The Hall–Kier alpha value is -3.06. The van der Waals surface area contributed by atoms with Gasteiger partial charge >= 0.3 is 0 Å². The lowest BCUT2D eigenvalue weighted by Crippen LogP contribution is -3.14. The summed E-state index contributed by atoms with van der Waals surface area (Å²) < 4.78 is 10.6. The van der Waals surface area contributed by atoms with Gasteiger partial charge in [0.15, 0.2) is 24.1 Å². The summed E-state index contributed by atoms with van der Waals surface area (Å²) in [4.78, 5) is 25.5. The van der Waals surface area contributed by atoms with E-state index in [1.165, 1.54) is 0 Å². The van der Waals surface area contributed by atoms with E-state index in [1.807, 2.05) is 38.2 Å². The second kappa shape index (κ2) is 8.09. The number of carbonyl (C=O) groups is 2. The van der Waals surface area contributed by atoms with Crippen LogP contribution in [0.4, 0.5) is 11.4 Å². The highest BCUT2D eigenvalue weighted by Gasteiger charge is 2.24. The van der Waals surface area contributed by atoms with Gasteiger partial charge in [-0.25, -0.2) is 0 Å². The van der Waals surface area contributed by atoms with Gasteiger partial charge in [0.25, 0.3) is 11.8 Å². The molecule has 3 N–H and O–H groups in total. The lowest BCUT2D eigenvalue weighted by molar-refractivity contribution is -0.885. The van der Waals surface area contributed by atoms with Crippen molar-refractivity contribution < 1.29 is 24.0 Å². The Kier molecular flexibility index (Phi) is 5.61. The molecule has 2 aromatic rings. The highest BCUT2D eigenvalue weighted by atomic mass is 16.7. The molecule has 0 saturated carbocycles. The lowest BCUT2D eigenvalue weighted by Gasteiger charge is -2.20. The largest absolute Gasteiger partial charge is 0.454 e. The van der Waals surface area contributed by atoms with Crippen molar-refractivity contribution in [1.82, 2.24) is 0 Å². The normalized spacial score (nSPS) is 14.3. The first-order valence-corrected chi connectivity index (χ1v) is 8.82. The number of quaternary nitrogens is 1. The molecule has 0 saturated heterocycles. The molecule has 1 heterocycles.